The number of nitrogens with one attached hydrogen (secondary N) is 1. The molecule has 1 aliphatic carbocycles. The molecule has 1 aromatic carbocycles. The van der Waals surface area contributed by atoms with Gasteiger partial charge in [0.05, 0.1) is 24.3 Å². The number of carbonyl (C=O) groups is 1. The van der Waals surface area contributed by atoms with Crippen LogP contribution in [0.25, 0.3) is 0 Å². The van der Waals surface area contributed by atoms with Crippen molar-refractivity contribution in [1.29, 1.82) is 0 Å². The number of ether oxygens (including phenoxy) is 1. The van der Waals surface area contributed by atoms with E-state index in [-0.39, 0.29) is 5.91 Å². The second kappa shape index (κ2) is 8.88. The van der Waals surface area contributed by atoms with Crippen LogP contribution in [0.15, 0.2) is 35.4 Å². The Labute approximate surface area is 170 Å². The van der Waals surface area contributed by atoms with Gasteiger partial charge >= 0.3 is 0 Å². The van der Waals surface area contributed by atoms with E-state index in [9.17, 15) is 4.79 Å². The number of amides is 1. The van der Waals surface area contributed by atoms with E-state index in [4.69, 9.17) is 4.74 Å². The number of nitrogens with zero attached hydrogens (tertiary/aromatic N) is 2. The summed E-state index contributed by atoms with van der Waals surface area (Å²) in [6.07, 6.45) is 6.36. The third-order valence-corrected chi connectivity index (χ3v) is 6.87. The molecule has 2 heterocycles. The van der Waals surface area contributed by atoms with Crippen molar-refractivity contribution in [2.45, 2.75) is 32.6 Å². The van der Waals surface area contributed by atoms with Gasteiger partial charge in [0.15, 0.2) is 0 Å². The lowest BCUT2D eigenvalue weighted by molar-refractivity contribution is 0.0959. The zero-order valence-electron chi connectivity index (χ0n) is 16.3. The van der Waals surface area contributed by atoms with Gasteiger partial charge in [-0.15, -0.1) is 11.3 Å². The van der Waals surface area contributed by atoms with Crippen molar-refractivity contribution in [3.8, 4) is 0 Å². The Hall–Kier alpha value is -2.18. The molecule has 5 nitrogen and oxygen atoms in total. The minimum atomic E-state index is -0.117. The number of hydrazone groups is 1. The maximum atomic E-state index is 12.4. The summed E-state index contributed by atoms with van der Waals surface area (Å²) >= 11 is 1.62. The van der Waals surface area contributed by atoms with Crippen molar-refractivity contribution < 1.29 is 9.53 Å². The summed E-state index contributed by atoms with van der Waals surface area (Å²) < 4.78 is 5.39. The number of benzene rings is 1. The second-order valence-electron chi connectivity index (χ2n) is 7.47. The SMILES string of the molecule is CC[C@H]1CCc2sc(C(=O)N/N=C\c3ccc(N4CCOCC4)cc3)cc2C1. The molecule has 1 N–H and O–H groups in total. The van der Waals surface area contributed by atoms with Crippen LogP contribution in [0.5, 0.6) is 0 Å². The van der Waals surface area contributed by atoms with Crippen molar-refractivity contribution >= 4 is 29.1 Å². The van der Waals surface area contributed by atoms with Gasteiger partial charge in [-0.25, -0.2) is 5.43 Å². The van der Waals surface area contributed by atoms with Gasteiger partial charge in [0.25, 0.3) is 5.91 Å². The summed E-state index contributed by atoms with van der Waals surface area (Å²) in [5.74, 6) is 0.644. The number of thiophene rings is 1. The molecule has 1 saturated heterocycles. The first-order chi connectivity index (χ1) is 13.7. The number of aryl methyl sites for hydroxylation is 1. The van der Waals surface area contributed by atoms with Crippen LogP contribution in [-0.4, -0.2) is 38.4 Å². The highest BCUT2D eigenvalue weighted by atomic mass is 32.1. The first kappa shape index (κ1) is 19.2. The van der Waals surface area contributed by atoms with Crippen molar-refractivity contribution in [1.82, 2.24) is 5.43 Å². The molecule has 0 radical (unpaired) electrons. The lowest BCUT2D eigenvalue weighted by atomic mass is 9.87. The fourth-order valence-corrected chi connectivity index (χ4v) is 4.97. The minimum absolute atomic E-state index is 0.117. The summed E-state index contributed by atoms with van der Waals surface area (Å²) in [5, 5.41) is 4.15. The molecule has 28 heavy (non-hydrogen) atoms. The topological polar surface area (TPSA) is 53.9 Å². The van der Waals surface area contributed by atoms with Gasteiger partial charge in [0.1, 0.15) is 0 Å². The Morgan fingerprint density at radius 1 is 1.32 bits per heavy atom. The van der Waals surface area contributed by atoms with E-state index in [1.54, 1.807) is 17.6 Å². The number of fused-ring (bicyclic) bond motifs is 1. The summed E-state index contributed by atoms with van der Waals surface area (Å²) in [6.45, 7) is 5.65. The predicted octanol–water partition coefficient (Wildman–Crippen LogP) is 3.86. The minimum Gasteiger partial charge on any atom is -0.378 e. The third kappa shape index (κ3) is 4.45. The largest absolute Gasteiger partial charge is 0.378 e. The molecule has 0 bridgehead atoms. The van der Waals surface area contributed by atoms with Crippen molar-refractivity contribution in [3.63, 3.8) is 0 Å². The Kier molecular flexibility index (Phi) is 6.07. The van der Waals surface area contributed by atoms with Crippen LogP contribution >= 0.6 is 11.3 Å². The van der Waals surface area contributed by atoms with E-state index in [2.05, 4.69) is 40.5 Å². The van der Waals surface area contributed by atoms with E-state index in [0.29, 0.717) is 0 Å². The molecule has 148 valence electrons. The molecule has 2 aromatic rings. The fourth-order valence-electron chi connectivity index (χ4n) is 3.87. The number of hydrogen-bond acceptors (Lipinski definition) is 5. The number of morpholine rings is 1. The Bertz CT molecular complexity index is 838. The average molecular weight is 398 g/mol. The Balaban J connectivity index is 1.33. The molecule has 2 aliphatic rings. The van der Waals surface area contributed by atoms with Crippen LogP contribution in [-0.2, 0) is 17.6 Å². The van der Waals surface area contributed by atoms with Gasteiger partial charge in [0, 0.05) is 23.7 Å². The first-order valence-electron chi connectivity index (χ1n) is 10.1. The lowest BCUT2D eigenvalue weighted by Gasteiger charge is -2.28. The van der Waals surface area contributed by atoms with E-state index >= 15 is 0 Å². The zero-order valence-corrected chi connectivity index (χ0v) is 17.1. The van der Waals surface area contributed by atoms with Crippen LogP contribution in [0.2, 0.25) is 0 Å². The maximum absolute atomic E-state index is 12.4. The van der Waals surface area contributed by atoms with Crippen LogP contribution in [0.3, 0.4) is 0 Å². The Morgan fingerprint density at radius 2 is 2.11 bits per heavy atom. The van der Waals surface area contributed by atoms with Gasteiger partial charge in [-0.2, -0.15) is 5.10 Å². The predicted molar refractivity (Wildman–Crippen MR) is 115 cm³/mol. The third-order valence-electron chi connectivity index (χ3n) is 5.64. The molecule has 1 atom stereocenters. The molecular formula is C22H27N3O2S. The highest BCUT2D eigenvalue weighted by Crippen LogP contribution is 2.33. The highest BCUT2D eigenvalue weighted by Gasteiger charge is 2.21. The standard InChI is InChI=1S/C22H27N3O2S/c1-2-16-5-8-20-18(13-16)14-21(28-20)22(26)24-23-15-17-3-6-19(7-4-17)25-9-11-27-12-10-25/h3-4,6-7,14-16H,2,5,8-13H2,1H3,(H,24,26)/b23-15-/t16-/m0/s1. The summed E-state index contributed by atoms with van der Waals surface area (Å²) in [6, 6.07) is 10.3. The van der Waals surface area contributed by atoms with Crippen LogP contribution in [0.4, 0.5) is 5.69 Å². The summed E-state index contributed by atoms with van der Waals surface area (Å²) in [7, 11) is 0. The molecule has 6 heteroatoms. The quantitative estimate of drug-likeness (QED) is 0.616. The van der Waals surface area contributed by atoms with E-state index < -0.39 is 0 Å². The maximum Gasteiger partial charge on any atom is 0.281 e. The molecule has 1 aromatic heterocycles. The van der Waals surface area contributed by atoms with Gasteiger partial charge < -0.3 is 9.64 Å². The highest BCUT2D eigenvalue weighted by molar-refractivity contribution is 7.14. The molecule has 1 fully saturated rings. The van der Waals surface area contributed by atoms with E-state index in [1.807, 2.05) is 12.1 Å². The van der Waals surface area contributed by atoms with Crippen molar-refractivity contribution in [2.75, 3.05) is 31.2 Å². The molecule has 1 amide bonds. The van der Waals surface area contributed by atoms with Gasteiger partial charge in [0.2, 0.25) is 0 Å². The van der Waals surface area contributed by atoms with Crippen LogP contribution in [0.1, 0.15) is 45.4 Å². The Morgan fingerprint density at radius 3 is 2.86 bits per heavy atom. The number of hydrogen-bond donors (Lipinski definition) is 1. The molecule has 4 rings (SSSR count). The van der Waals surface area contributed by atoms with Gasteiger partial charge in [-0.3, -0.25) is 4.79 Å². The smallest absolute Gasteiger partial charge is 0.281 e. The molecule has 0 unspecified atom stereocenters. The molecule has 0 spiro atoms. The fraction of sp³-hybridized carbons (Fsp3) is 0.455. The zero-order chi connectivity index (χ0) is 19.3. The lowest BCUT2D eigenvalue weighted by Crippen LogP contribution is -2.36. The average Bonchev–Trinajstić information content (AvgIpc) is 3.18. The van der Waals surface area contributed by atoms with Gasteiger partial charge in [-0.1, -0.05) is 25.5 Å². The van der Waals surface area contributed by atoms with Crippen LogP contribution < -0.4 is 10.3 Å². The molecule has 1 aliphatic heterocycles. The number of rotatable bonds is 5. The first-order valence-corrected chi connectivity index (χ1v) is 10.9. The monoisotopic (exact) mass is 397 g/mol. The van der Waals surface area contributed by atoms with E-state index in [1.165, 1.54) is 29.0 Å². The summed E-state index contributed by atoms with van der Waals surface area (Å²) in [5.41, 5.74) is 6.19. The molecule has 0 saturated carbocycles. The van der Waals surface area contributed by atoms with Crippen molar-refractivity contribution in [3.05, 3.63) is 51.2 Å². The second-order valence-corrected chi connectivity index (χ2v) is 8.60. The van der Waals surface area contributed by atoms with Crippen molar-refractivity contribution in [2.24, 2.45) is 11.0 Å². The summed E-state index contributed by atoms with van der Waals surface area (Å²) in [4.78, 5) is 16.9. The number of anilines is 1. The van der Waals surface area contributed by atoms with Gasteiger partial charge in [-0.05, 0) is 54.5 Å². The normalized spacial score (nSPS) is 19.6. The number of carbonyl (C=O) groups excluding carboxylic acids is 1. The van der Waals surface area contributed by atoms with E-state index in [0.717, 1.165) is 55.5 Å². The van der Waals surface area contributed by atoms with Crippen LogP contribution in [0, 0.1) is 5.92 Å². The molecular weight excluding hydrogens is 370 g/mol.